The summed E-state index contributed by atoms with van der Waals surface area (Å²) in [5.41, 5.74) is 3.37. The molecule has 0 unspecified atom stereocenters. The summed E-state index contributed by atoms with van der Waals surface area (Å²) >= 11 is 0. The van der Waals surface area contributed by atoms with Crippen molar-refractivity contribution in [1.82, 2.24) is 19.9 Å². The molecule has 0 saturated carbocycles. The van der Waals surface area contributed by atoms with Gasteiger partial charge in [0.2, 0.25) is 5.95 Å². The highest BCUT2D eigenvalue weighted by molar-refractivity contribution is 5.79. The summed E-state index contributed by atoms with van der Waals surface area (Å²) in [6.45, 7) is 4.12. The second-order valence-corrected chi connectivity index (χ2v) is 8.01. The second kappa shape index (κ2) is 9.85. The van der Waals surface area contributed by atoms with Crippen molar-refractivity contribution in [3.8, 4) is 5.75 Å². The first-order valence-electron chi connectivity index (χ1n) is 11.1. The standard InChI is InChI=1S/C24H24N6O5/c1-15-13-25-23(29-22(15)26-17-5-6-20-19(12-17)28-24(32)35-20)27-16-3-2-4-18(11-16)34-14-21(31)30-7-9-33-10-8-30/h2-6,11-13H,7-10,14H2,1H3,(H,28,32)(H2,25,26,27,29). The molecular weight excluding hydrogens is 452 g/mol. The third-order valence-corrected chi connectivity index (χ3v) is 5.47. The lowest BCUT2D eigenvalue weighted by Crippen LogP contribution is -2.42. The van der Waals surface area contributed by atoms with Crippen molar-refractivity contribution in [2.24, 2.45) is 0 Å². The van der Waals surface area contributed by atoms with E-state index in [0.717, 1.165) is 11.3 Å². The number of rotatable bonds is 7. The Kier molecular flexibility index (Phi) is 6.31. The topological polar surface area (TPSA) is 135 Å². The summed E-state index contributed by atoms with van der Waals surface area (Å²) in [7, 11) is 0. The van der Waals surface area contributed by atoms with Crippen LogP contribution in [0.15, 0.2) is 57.9 Å². The fraction of sp³-hybridized carbons (Fsp3) is 0.250. The number of aromatic amines is 1. The largest absolute Gasteiger partial charge is 0.484 e. The predicted molar refractivity (Wildman–Crippen MR) is 130 cm³/mol. The number of hydrogen-bond donors (Lipinski definition) is 3. The fourth-order valence-corrected chi connectivity index (χ4v) is 3.64. The molecule has 11 nitrogen and oxygen atoms in total. The third kappa shape index (κ3) is 5.41. The average Bonchev–Trinajstić information content (AvgIpc) is 3.24. The summed E-state index contributed by atoms with van der Waals surface area (Å²) in [5.74, 6) is 0.985. The van der Waals surface area contributed by atoms with Gasteiger partial charge in [0.25, 0.3) is 5.91 Å². The van der Waals surface area contributed by atoms with E-state index in [1.165, 1.54) is 0 Å². The molecule has 3 N–H and O–H groups in total. The van der Waals surface area contributed by atoms with Gasteiger partial charge in [-0.05, 0) is 37.3 Å². The number of morpholine rings is 1. The van der Waals surface area contributed by atoms with Crippen LogP contribution in [0.1, 0.15) is 5.56 Å². The molecular formula is C24H24N6O5. The third-order valence-electron chi connectivity index (χ3n) is 5.47. The van der Waals surface area contributed by atoms with E-state index in [-0.39, 0.29) is 12.5 Å². The molecule has 5 rings (SSSR count). The Morgan fingerprint density at radius 3 is 2.83 bits per heavy atom. The molecule has 0 bridgehead atoms. The number of fused-ring (bicyclic) bond motifs is 1. The number of anilines is 4. The van der Waals surface area contributed by atoms with E-state index in [1.807, 2.05) is 19.1 Å². The molecule has 2 aromatic heterocycles. The average molecular weight is 476 g/mol. The van der Waals surface area contributed by atoms with Crippen molar-refractivity contribution in [2.75, 3.05) is 43.5 Å². The summed E-state index contributed by atoms with van der Waals surface area (Å²) in [5, 5.41) is 6.41. The number of oxazole rings is 1. The van der Waals surface area contributed by atoms with Gasteiger partial charge in [-0.15, -0.1) is 0 Å². The fourth-order valence-electron chi connectivity index (χ4n) is 3.64. The van der Waals surface area contributed by atoms with Crippen molar-refractivity contribution in [1.29, 1.82) is 0 Å². The molecule has 2 aromatic carbocycles. The minimum Gasteiger partial charge on any atom is -0.484 e. The van der Waals surface area contributed by atoms with Crippen molar-refractivity contribution in [3.63, 3.8) is 0 Å². The van der Waals surface area contributed by atoms with Gasteiger partial charge in [-0.25, -0.2) is 9.78 Å². The van der Waals surface area contributed by atoms with Gasteiger partial charge in [0, 0.05) is 42.3 Å². The molecule has 0 aliphatic carbocycles. The molecule has 1 aliphatic rings. The lowest BCUT2D eigenvalue weighted by molar-refractivity contribution is -0.137. The van der Waals surface area contributed by atoms with Crippen molar-refractivity contribution in [3.05, 3.63) is 64.8 Å². The lowest BCUT2D eigenvalue weighted by atomic mass is 10.2. The Hall–Kier alpha value is -4.38. The number of nitrogens with one attached hydrogen (secondary N) is 3. The number of benzene rings is 2. The van der Waals surface area contributed by atoms with Crippen molar-refractivity contribution in [2.45, 2.75) is 6.92 Å². The molecule has 4 aromatic rings. The number of ether oxygens (including phenoxy) is 2. The number of amides is 1. The van der Waals surface area contributed by atoms with Crippen LogP contribution in [0.4, 0.5) is 23.1 Å². The van der Waals surface area contributed by atoms with Gasteiger partial charge in [-0.3, -0.25) is 9.78 Å². The first-order valence-corrected chi connectivity index (χ1v) is 11.1. The van der Waals surface area contributed by atoms with E-state index >= 15 is 0 Å². The van der Waals surface area contributed by atoms with Crippen LogP contribution in [-0.4, -0.2) is 58.7 Å². The number of hydrogen-bond acceptors (Lipinski definition) is 9. The first kappa shape index (κ1) is 22.4. The second-order valence-electron chi connectivity index (χ2n) is 8.01. The first-order chi connectivity index (χ1) is 17.0. The minimum absolute atomic E-state index is 0.0369. The summed E-state index contributed by atoms with van der Waals surface area (Å²) in [4.78, 5) is 37.0. The van der Waals surface area contributed by atoms with E-state index < -0.39 is 5.76 Å². The highest BCUT2D eigenvalue weighted by Gasteiger charge is 2.17. The smallest absolute Gasteiger partial charge is 0.417 e. The van der Waals surface area contributed by atoms with E-state index in [4.69, 9.17) is 13.9 Å². The van der Waals surface area contributed by atoms with E-state index in [1.54, 1.807) is 41.4 Å². The molecule has 1 fully saturated rings. The Balaban J connectivity index is 1.25. The maximum absolute atomic E-state index is 12.3. The zero-order valence-electron chi connectivity index (χ0n) is 19.0. The van der Waals surface area contributed by atoms with Crippen LogP contribution in [0, 0.1) is 6.92 Å². The molecule has 1 saturated heterocycles. The number of H-pyrrole nitrogens is 1. The van der Waals surface area contributed by atoms with E-state index in [9.17, 15) is 9.59 Å². The number of nitrogens with zero attached hydrogens (tertiary/aromatic N) is 3. The highest BCUT2D eigenvalue weighted by Crippen LogP contribution is 2.24. The van der Waals surface area contributed by atoms with Gasteiger partial charge in [0.1, 0.15) is 11.6 Å². The summed E-state index contributed by atoms with van der Waals surface area (Å²) in [6.07, 6.45) is 1.71. The van der Waals surface area contributed by atoms with Crippen molar-refractivity contribution >= 4 is 40.1 Å². The lowest BCUT2D eigenvalue weighted by Gasteiger charge is -2.26. The Labute approximate surface area is 200 Å². The Morgan fingerprint density at radius 1 is 1.14 bits per heavy atom. The van der Waals surface area contributed by atoms with Gasteiger partial charge in [0.15, 0.2) is 12.2 Å². The van der Waals surface area contributed by atoms with Gasteiger partial charge in [0.05, 0.1) is 18.7 Å². The van der Waals surface area contributed by atoms with Gasteiger partial charge >= 0.3 is 5.76 Å². The van der Waals surface area contributed by atoms with Crippen LogP contribution in [0.2, 0.25) is 0 Å². The number of carbonyl (C=O) groups is 1. The zero-order chi connectivity index (χ0) is 24.2. The van der Waals surface area contributed by atoms with Crippen LogP contribution < -0.4 is 21.1 Å². The molecule has 180 valence electrons. The maximum Gasteiger partial charge on any atom is 0.417 e. The molecule has 0 radical (unpaired) electrons. The van der Waals surface area contributed by atoms with Crippen LogP contribution >= 0.6 is 0 Å². The molecule has 1 aliphatic heterocycles. The molecule has 0 spiro atoms. The Bertz CT molecular complexity index is 1410. The zero-order valence-corrected chi connectivity index (χ0v) is 19.0. The predicted octanol–water partition coefficient (Wildman–Crippen LogP) is 2.94. The number of aryl methyl sites for hydroxylation is 1. The van der Waals surface area contributed by atoms with Crippen LogP contribution in [0.25, 0.3) is 11.1 Å². The van der Waals surface area contributed by atoms with E-state index in [0.29, 0.717) is 60.6 Å². The molecule has 0 atom stereocenters. The van der Waals surface area contributed by atoms with E-state index in [2.05, 4.69) is 25.6 Å². The van der Waals surface area contributed by atoms with Gasteiger partial charge in [-0.2, -0.15) is 4.98 Å². The normalized spacial score (nSPS) is 13.6. The van der Waals surface area contributed by atoms with Gasteiger partial charge < -0.3 is 29.4 Å². The molecule has 3 heterocycles. The number of carbonyl (C=O) groups excluding carboxylic acids is 1. The van der Waals surface area contributed by atoms with Gasteiger partial charge in [-0.1, -0.05) is 6.07 Å². The minimum atomic E-state index is -0.501. The molecule has 35 heavy (non-hydrogen) atoms. The number of aromatic nitrogens is 3. The maximum atomic E-state index is 12.3. The van der Waals surface area contributed by atoms with Crippen LogP contribution in [0.3, 0.4) is 0 Å². The Morgan fingerprint density at radius 2 is 1.97 bits per heavy atom. The van der Waals surface area contributed by atoms with Crippen LogP contribution in [0.5, 0.6) is 5.75 Å². The SMILES string of the molecule is Cc1cnc(Nc2cccc(OCC(=O)N3CCOCC3)c2)nc1Nc1ccc2oc(=O)[nH]c2c1. The molecule has 1 amide bonds. The molecule has 11 heteroatoms. The summed E-state index contributed by atoms with van der Waals surface area (Å²) < 4.78 is 16.0. The highest BCUT2D eigenvalue weighted by atomic mass is 16.5. The monoisotopic (exact) mass is 476 g/mol. The van der Waals surface area contributed by atoms with Crippen molar-refractivity contribution < 1.29 is 18.7 Å². The quantitative estimate of drug-likeness (QED) is 0.368. The summed E-state index contributed by atoms with van der Waals surface area (Å²) in [6, 6.07) is 12.5. The van der Waals surface area contributed by atoms with Crippen LogP contribution in [-0.2, 0) is 9.53 Å².